The average Bonchev–Trinajstić information content (AvgIpc) is 2.62. The number of anilines is 3. The van der Waals surface area contributed by atoms with Crippen LogP contribution in [0.15, 0.2) is 30.3 Å². The summed E-state index contributed by atoms with van der Waals surface area (Å²) in [5.41, 5.74) is 2.80. The number of aliphatic hydroxyl groups excluding tert-OH is 1. The van der Waals surface area contributed by atoms with Crippen molar-refractivity contribution in [1.29, 1.82) is 0 Å². The van der Waals surface area contributed by atoms with Crippen molar-refractivity contribution in [2.75, 3.05) is 36.2 Å². The van der Waals surface area contributed by atoms with Gasteiger partial charge in [-0.15, -0.1) is 0 Å². The van der Waals surface area contributed by atoms with E-state index in [9.17, 15) is 4.79 Å². The van der Waals surface area contributed by atoms with Crippen LogP contribution in [0.2, 0.25) is 10.0 Å². The quantitative estimate of drug-likeness (QED) is 0.403. The molecule has 0 spiro atoms. The molecule has 6 nitrogen and oxygen atoms in total. The van der Waals surface area contributed by atoms with Crippen LogP contribution in [0.4, 0.5) is 17.1 Å². The van der Waals surface area contributed by atoms with E-state index in [1.807, 2.05) is 6.92 Å². The number of hydrogen-bond acceptors (Lipinski definition) is 5. The van der Waals surface area contributed by atoms with Crippen LogP contribution in [0.3, 0.4) is 0 Å². The van der Waals surface area contributed by atoms with Crippen LogP contribution in [0.1, 0.15) is 15.9 Å². The number of para-hydroxylation sites is 1. The summed E-state index contributed by atoms with van der Waals surface area (Å²) in [6.45, 7) is 2.01. The minimum atomic E-state index is -0.505. The predicted octanol–water partition coefficient (Wildman–Crippen LogP) is 4.30. The van der Waals surface area contributed by atoms with Crippen LogP contribution in [0.25, 0.3) is 0 Å². The second-order valence-electron chi connectivity index (χ2n) is 5.53. The molecule has 0 aromatic heterocycles. The second kappa shape index (κ2) is 9.75. The Hall–Kier alpha value is -2.06. The highest BCUT2D eigenvalue weighted by molar-refractivity contribution is 7.80. The third-order valence-electron chi connectivity index (χ3n) is 3.62. The van der Waals surface area contributed by atoms with Crippen LogP contribution in [0, 0.1) is 6.92 Å². The van der Waals surface area contributed by atoms with Crippen LogP contribution in [-0.4, -0.2) is 36.4 Å². The molecule has 27 heavy (non-hydrogen) atoms. The fraction of sp³-hybridized carbons (Fsp3) is 0.222. The Morgan fingerprint density at radius 2 is 1.96 bits per heavy atom. The molecule has 0 aliphatic rings. The van der Waals surface area contributed by atoms with Crippen LogP contribution >= 0.6 is 35.4 Å². The van der Waals surface area contributed by atoms with Crippen molar-refractivity contribution in [3.8, 4) is 0 Å². The summed E-state index contributed by atoms with van der Waals surface area (Å²) in [4.78, 5) is 12.0. The van der Waals surface area contributed by atoms with Gasteiger partial charge in [0.1, 0.15) is 0 Å². The summed E-state index contributed by atoms with van der Waals surface area (Å²) >= 11 is 17.6. The Bertz CT molecular complexity index is 839. The third-order valence-corrected chi connectivity index (χ3v) is 4.34. The summed E-state index contributed by atoms with van der Waals surface area (Å²) in [6, 6.07) is 8.45. The van der Waals surface area contributed by atoms with Gasteiger partial charge in [0.05, 0.1) is 41.4 Å². The van der Waals surface area contributed by atoms with E-state index in [2.05, 4.69) is 16.0 Å². The summed E-state index contributed by atoms with van der Waals surface area (Å²) in [5.74, 6) is -0.505. The van der Waals surface area contributed by atoms with E-state index in [-0.39, 0.29) is 18.3 Å². The molecule has 2 aromatic rings. The highest BCUT2D eigenvalue weighted by Gasteiger charge is 2.16. The SMILES string of the molecule is COC(=O)c1cccc(NC(=S)Nc2c(C)cc(Cl)cc2Cl)c1NCCO. The molecule has 2 rings (SSSR count). The van der Waals surface area contributed by atoms with E-state index in [0.717, 1.165) is 5.56 Å². The van der Waals surface area contributed by atoms with Crippen molar-refractivity contribution >= 4 is 63.6 Å². The number of nitrogens with one attached hydrogen (secondary N) is 3. The molecular weight excluding hydrogens is 409 g/mol. The molecule has 144 valence electrons. The molecule has 0 fully saturated rings. The molecule has 0 saturated heterocycles. The normalized spacial score (nSPS) is 10.3. The van der Waals surface area contributed by atoms with Crippen LogP contribution in [-0.2, 0) is 4.74 Å². The minimum Gasteiger partial charge on any atom is -0.465 e. The number of hydrogen-bond donors (Lipinski definition) is 4. The van der Waals surface area contributed by atoms with Gasteiger partial charge in [-0.25, -0.2) is 4.79 Å². The lowest BCUT2D eigenvalue weighted by atomic mass is 10.1. The molecule has 0 aliphatic heterocycles. The molecule has 0 radical (unpaired) electrons. The third kappa shape index (κ3) is 5.46. The number of aryl methyl sites for hydroxylation is 1. The monoisotopic (exact) mass is 427 g/mol. The van der Waals surface area contributed by atoms with Gasteiger partial charge >= 0.3 is 5.97 Å². The topological polar surface area (TPSA) is 82.6 Å². The zero-order valence-electron chi connectivity index (χ0n) is 14.7. The maximum atomic E-state index is 12.0. The number of carbonyl (C=O) groups excluding carboxylic acids is 1. The molecule has 0 heterocycles. The van der Waals surface area contributed by atoms with Crippen molar-refractivity contribution in [2.45, 2.75) is 6.92 Å². The van der Waals surface area contributed by atoms with Crippen LogP contribution in [0.5, 0.6) is 0 Å². The maximum Gasteiger partial charge on any atom is 0.340 e. The van der Waals surface area contributed by atoms with Crippen molar-refractivity contribution in [1.82, 2.24) is 0 Å². The number of rotatable bonds is 6. The zero-order valence-corrected chi connectivity index (χ0v) is 17.1. The minimum absolute atomic E-state index is 0.1000. The molecule has 0 bridgehead atoms. The molecule has 2 aromatic carbocycles. The first-order valence-corrected chi connectivity index (χ1v) is 9.13. The highest BCUT2D eigenvalue weighted by Crippen LogP contribution is 2.31. The summed E-state index contributed by atoms with van der Waals surface area (Å²) in [6.07, 6.45) is 0. The lowest BCUT2D eigenvalue weighted by molar-refractivity contribution is 0.0602. The lowest BCUT2D eigenvalue weighted by Gasteiger charge is -2.18. The van der Waals surface area contributed by atoms with Gasteiger partial charge in [0.15, 0.2) is 5.11 Å². The summed E-state index contributed by atoms with van der Waals surface area (Å²) in [5, 5.41) is 19.4. The van der Waals surface area contributed by atoms with Gasteiger partial charge in [0, 0.05) is 11.6 Å². The van der Waals surface area contributed by atoms with Gasteiger partial charge < -0.3 is 25.8 Å². The van der Waals surface area contributed by atoms with Crippen molar-refractivity contribution in [3.63, 3.8) is 0 Å². The van der Waals surface area contributed by atoms with E-state index < -0.39 is 5.97 Å². The van der Waals surface area contributed by atoms with Gasteiger partial charge in [-0.3, -0.25) is 0 Å². The highest BCUT2D eigenvalue weighted by atomic mass is 35.5. The first kappa shape index (κ1) is 21.2. The van der Waals surface area contributed by atoms with Gasteiger partial charge in [-0.1, -0.05) is 29.3 Å². The number of ether oxygens (including phenoxy) is 1. The molecule has 9 heteroatoms. The number of methoxy groups -OCH3 is 1. The number of esters is 1. The molecule has 4 N–H and O–H groups in total. The number of carbonyl (C=O) groups is 1. The molecule has 0 amide bonds. The predicted molar refractivity (Wildman–Crippen MR) is 114 cm³/mol. The fourth-order valence-corrected chi connectivity index (χ4v) is 3.29. The maximum absolute atomic E-state index is 12.0. The Labute approximate surface area is 172 Å². The van der Waals surface area contributed by atoms with Gasteiger partial charge in [-0.05, 0) is 49.0 Å². The molecular formula is C18H19Cl2N3O3S. The Morgan fingerprint density at radius 1 is 1.22 bits per heavy atom. The van der Waals surface area contributed by atoms with E-state index in [4.69, 9.17) is 45.3 Å². The first-order valence-electron chi connectivity index (χ1n) is 7.97. The molecule has 0 unspecified atom stereocenters. The lowest BCUT2D eigenvalue weighted by Crippen LogP contribution is -2.22. The summed E-state index contributed by atoms with van der Waals surface area (Å²) in [7, 11) is 1.30. The van der Waals surface area contributed by atoms with Gasteiger partial charge in [0.2, 0.25) is 0 Å². The smallest absolute Gasteiger partial charge is 0.340 e. The fourth-order valence-electron chi connectivity index (χ4n) is 2.44. The van der Waals surface area contributed by atoms with Crippen LogP contribution < -0.4 is 16.0 Å². The molecule has 0 aliphatic carbocycles. The Kier molecular flexibility index (Phi) is 7.67. The Balaban J connectivity index is 2.28. The number of benzene rings is 2. The van der Waals surface area contributed by atoms with Gasteiger partial charge in [-0.2, -0.15) is 0 Å². The standard InChI is InChI=1S/C18H19Cl2N3O3S/c1-10-8-11(19)9-13(20)15(10)23-18(27)22-14-5-3-4-12(17(25)26-2)16(14)21-6-7-24/h3-5,8-9,21,24H,6-7H2,1-2H3,(H2,22,23,27). The number of halogens is 2. The summed E-state index contributed by atoms with van der Waals surface area (Å²) < 4.78 is 4.81. The van der Waals surface area contributed by atoms with Crippen molar-refractivity contribution in [2.24, 2.45) is 0 Å². The van der Waals surface area contributed by atoms with E-state index in [1.165, 1.54) is 7.11 Å². The van der Waals surface area contributed by atoms with Gasteiger partial charge in [0.25, 0.3) is 0 Å². The average molecular weight is 428 g/mol. The molecule has 0 atom stereocenters. The van der Waals surface area contributed by atoms with E-state index >= 15 is 0 Å². The second-order valence-corrected chi connectivity index (χ2v) is 6.78. The number of aliphatic hydroxyl groups is 1. The zero-order chi connectivity index (χ0) is 20.0. The van der Waals surface area contributed by atoms with E-state index in [0.29, 0.717) is 32.7 Å². The van der Waals surface area contributed by atoms with Crippen molar-refractivity contribution in [3.05, 3.63) is 51.5 Å². The number of thiocarbonyl (C=S) groups is 1. The molecule has 0 saturated carbocycles. The first-order chi connectivity index (χ1) is 12.9. The van der Waals surface area contributed by atoms with E-state index in [1.54, 1.807) is 30.3 Å². The largest absolute Gasteiger partial charge is 0.465 e. The van der Waals surface area contributed by atoms with Crippen molar-refractivity contribution < 1.29 is 14.6 Å². The Morgan fingerprint density at radius 3 is 2.59 bits per heavy atom.